The molecule has 144 valence electrons. The monoisotopic (exact) mass is 395 g/mol. The van der Waals surface area contributed by atoms with Crippen LogP contribution in [0.1, 0.15) is 23.1 Å². The SMILES string of the molecule is Cc1cc2c(c(NC(=O)NS(C)=O)c1-c1ccnc(OC(F)F)c1)CCC2. The number of aromatic nitrogens is 1. The summed E-state index contributed by atoms with van der Waals surface area (Å²) in [5.74, 6) is -0.201. The van der Waals surface area contributed by atoms with Gasteiger partial charge in [-0.15, -0.1) is 0 Å². The van der Waals surface area contributed by atoms with E-state index in [2.05, 4.69) is 19.8 Å². The van der Waals surface area contributed by atoms with E-state index in [-0.39, 0.29) is 5.88 Å². The molecule has 0 bridgehead atoms. The van der Waals surface area contributed by atoms with E-state index >= 15 is 0 Å². The molecule has 0 saturated carbocycles. The van der Waals surface area contributed by atoms with Gasteiger partial charge in [-0.05, 0) is 54.5 Å². The Morgan fingerprint density at radius 3 is 2.81 bits per heavy atom. The van der Waals surface area contributed by atoms with Gasteiger partial charge in [-0.1, -0.05) is 6.07 Å². The third-order valence-electron chi connectivity index (χ3n) is 4.31. The molecule has 0 spiro atoms. The van der Waals surface area contributed by atoms with Gasteiger partial charge in [0.25, 0.3) is 0 Å². The average molecular weight is 395 g/mol. The van der Waals surface area contributed by atoms with Gasteiger partial charge in [-0.2, -0.15) is 8.78 Å². The molecule has 1 atom stereocenters. The van der Waals surface area contributed by atoms with Crippen molar-refractivity contribution in [1.29, 1.82) is 0 Å². The molecule has 27 heavy (non-hydrogen) atoms. The first-order valence-electron chi connectivity index (χ1n) is 8.33. The molecule has 3 rings (SSSR count). The lowest BCUT2D eigenvalue weighted by Gasteiger charge is -2.19. The summed E-state index contributed by atoms with van der Waals surface area (Å²) in [7, 11) is -1.51. The van der Waals surface area contributed by atoms with Gasteiger partial charge >= 0.3 is 12.6 Å². The summed E-state index contributed by atoms with van der Waals surface area (Å²) in [4.78, 5) is 16.0. The summed E-state index contributed by atoms with van der Waals surface area (Å²) in [6.07, 6.45) is 5.40. The number of carbonyl (C=O) groups is 1. The number of nitrogens with one attached hydrogen (secondary N) is 2. The lowest BCUT2D eigenvalue weighted by Crippen LogP contribution is -2.30. The highest BCUT2D eigenvalue weighted by Crippen LogP contribution is 2.40. The second-order valence-electron chi connectivity index (χ2n) is 6.21. The Balaban J connectivity index is 2.09. The smallest absolute Gasteiger partial charge is 0.388 e. The summed E-state index contributed by atoms with van der Waals surface area (Å²) in [5, 5.41) is 2.79. The van der Waals surface area contributed by atoms with Gasteiger partial charge in [0.2, 0.25) is 5.88 Å². The number of fused-ring (bicyclic) bond motifs is 1. The number of benzene rings is 1. The third-order valence-corrected chi connectivity index (χ3v) is 4.78. The Hall–Kier alpha value is -2.55. The number of ether oxygens (including phenoxy) is 1. The van der Waals surface area contributed by atoms with Crippen LogP contribution in [-0.4, -0.2) is 28.1 Å². The molecule has 9 heteroatoms. The predicted molar refractivity (Wildman–Crippen MR) is 99.3 cm³/mol. The van der Waals surface area contributed by atoms with Crippen LogP contribution in [0.25, 0.3) is 11.1 Å². The first kappa shape index (κ1) is 19.2. The molecule has 1 aromatic heterocycles. The highest BCUT2D eigenvalue weighted by atomic mass is 32.2. The Labute approximate surface area is 157 Å². The lowest BCUT2D eigenvalue weighted by atomic mass is 9.93. The number of rotatable bonds is 5. The van der Waals surface area contributed by atoms with Crippen molar-refractivity contribution in [3.63, 3.8) is 0 Å². The van der Waals surface area contributed by atoms with E-state index in [0.29, 0.717) is 16.8 Å². The minimum atomic E-state index is -2.98. The number of hydrogen-bond donors (Lipinski definition) is 2. The van der Waals surface area contributed by atoms with Crippen LogP contribution in [0.4, 0.5) is 19.3 Å². The molecule has 1 heterocycles. The summed E-state index contributed by atoms with van der Waals surface area (Å²) in [5.41, 5.74) is 4.93. The van der Waals surface area contributed by atoms with E-state index in [1.165, 1.54) is 18.5 Å². The summed E-state index contributed by atoms with van der Waals surface area (Å²) in [6.45, 7) is -1.08. The molecule has 1 aliphatic rings. The zero-order valence-corrected chi connectivity index (χ0v) is 15.7. The number of pyridine rings is 1. The van der Waals surface area contributed by atoms with Crippen molar-refractivity contribution < 1.29 is 22.5 Å². The summed E-state index contributed by atoms with van der Waals surface area (Å²) >= 11 is 0. The number of aryl methyl sites for hydroxylation is 2. The number of halogens is 2. The van der Waals surface area contributed by atoms with Crippen molar-refractivity contribution in [2.24, 2.45) is 0 Å². The average Bonchev–Trinajstić information content (AvgIpc) is 3.01. The van der Waals surface area contributed by atoms with Gasteiger partial charge in [-0.25, -0.2) is 14.0 Å². The predicted octanol–water partition coefficient (Wildman–Crippen LogP) is 3.56. The topological polar surface area (TPSA) is 80.3 Å². The normalized spacial score (nSPS) is 14.0. The highest BCUT2D eigenvalue weighted by Gasteiger charge is 2.23. The molecule has 1 aliphatic carbocycles. The summed E-state index contributed by atoms with van der Waals surface area (Å²) < 4.78 is 43.1. The first-order valence-corrected chi connectivity index (χ1v) is 9.88. The number of hydrogen-bond acceptors (Lipinski definition) is 4. The van der Waals surface area contributed by atoms with Crippen molar-refractivity contribution >= 4 is 22.7 Å². The van der Waals surface area contributed by atoms with E-state index in [4.69, 9.17) is 0 Å². The van der Waals surface area contributed by atoms with Gasteiger partial charge in [0.1, 0.15) is 11.0 Å². The molecule has 0 radical (unpaired) electrons. The fourth-order valence-corrected chi connectivity index (χ4v) is 3.71. The molecule has 2 aromatic rings. The molecule has 1 aromatic carbocycles. The molecule has 2 N–H and O–H groups in total. The van der Waals surface area contributed by atoms with Crippen LogP contribution in [0, 0.1) is 6.92 Å². The number of urea groups is 1. The first-order chi connectivity index (χ1) is 12.8. The van der Waals surface area contributed by atoms with Crippen LogP contribution < -0.4 is 14.8 Å². The van der Waals surface area contributed by atoms with Crippen LogP contribution in [0.2, 0.25) is 0 Å². The van der Waals surface area contributed by atoms with Crippen molar-refractivity contribution in [3.05, 3.63) is 41.1 Å². The van der Waals surface area contributed by atoms with Crippen LogP contribution in [0.5, 0.6) is 5.88 Å². The highest BCUT2D eigenvalue weighted by molar-refractivity contribution is 7.82. The molecule has 0 saturated heterocycles. The van der Waals surface area contributed by atoms with Crippen LogP contribution in [-0.2, 0) is 23.8 Å². The second kappa shape index (κ2) is 7.99. The maximum Gasteiger partial charge on any atom is 0.388 e. The number of amides is 2. The second-order valence-corrected chi connectivity index (χ2v) is 7.32. The fraction of sp³-hybridized carbons (Fsp3) is 0.333. The van der Waals surface area contributed by atoms with E-state index < -0.39 is 23.6 Å². The lowest BCUT2D eigenvalue weighted by molar-refractivity contribution is -0.0528. The van der Waals surface area contributed by atoms with Crippen molar-refractivity contribution in [2.45, 2.75) is 32.8 Å². The third kappa shape index (κ3) is 4.41. The molecular formula is C18H19F2N3O3S. The fourth-order valence-electron chi connectivity index (χ4n) is 3.39. The number of anilines is 1. The van der Waals surface area contributed by atoms with Crippen LogP contribution >= 0.6 is 0 Å². The van der Waals surface area contributed by atoms with Crippen LogP contribution in [0.15, 0.2) is 24.4 Å². The summed E-state index contributed by atoms with van der Waals surface area (Å²) in [6, 6.07) is 4.54. The Morgan fingerprint density at radius 2 is 2.11 bits per heavy atom. The minimum absolute atomic E-state index is 0.201. The van der Waals surface area contributed by atoms with Crippen molar-refractivity contribution in [1.82, 2.24) is 9.71 Å². The van der Waals surface area contributed by atoms with Gasteiger partial charge in [0, 0.05) is 24.1 Å². The molecule has 2 amide bonds. The standard InChI is InChI=1S/C18H19F2N3O3S/c1-10-8-11-4-3-5-13(11)16(22-18(24)23-27(2)25)15(10)12-6-7-21-14(9-12)26-17(19)20/h6-9,17H,3-5H2,1-2H3,(H2,22,23,24). The van der Waals surface area contributed by atoms with Gasteiger partial charge in [-0.3, -0.25) is 4.72 Å². The molecule has 0 fully saturated rings. The van der Waals surface area contributed by atoms with Gasteiger partial charge < -0.3 is 10.1 Å². The molecule has 6 nitrogen and oxygen atoms in total. The number of carbonyl (C=O) groups excluding carboxylic acids is 1. The zero-order valence-electron chi connectivity index (χ0n) is 14.8. The van der Waals surface area contributed by atoms with E-state index in [9.17, 15) is 17.8 Å². The number of nitrogens with zero attached hydrogens (tertiary/aromatic N) is 1. The molecule has 1 unspecified atom stereocenters. The number of alkyl halides is 2. The van der Waals surface area contributed by atoms with Gasteiger partial charge in [0.05, 0.1) is 5.69 Å². The van der Waals surface area contributed by atoms with Crippen molar-refractivity contribution in [2.75, 3.05) is 11.6 Å². The molecule has 0 aliphatic heterocycles. The van der Waals surface area contributed by atoms with Crippen molar-refractivity contribution in [3.8, 4) is 17.0 Å². The van der Waals surface area contributed by atoms with Crippen LogP contribution in [0.3, 0.4) is 0 Å². The minimum Gasteiger partial charge on any atom is -0.417 e. The maximum atomic E-state index is 12.5. The van der Waals surface area contributed by atoms with Gasteiger partial charge in [0.15, 0.2) is 0 Å². The Morgan fingerprint density at radius 1 is 1.33 bits per heavy atom. The Kier molecular flexibility index (Phi) is 5.69. The maximum absolute atomic E-state index is 12.5. The Bertz CT molecular complexity index is 906. The van der Waals surface area contributed by atoms with E-state index in [0.717, 1.165) is 36.0 Å². The quantitative estimate of drug-likeness (QED) is 0.811. The molecular weight excluding hydrogens is 376 g/mol. The zero-order chi connectivity index (χ0) is 19.6. The van der Waals surface area contributed by atoms with E-state index in [1.54, 1.807) is 6.07 Å². The largest absolute Gasteiger partial charge is 0.417 e. The van der Waals surface area contributed by atoms with E-state index in [1.807, 2.05) is 13.0 Å².